The lowest BCUT2D eigenvalue weighted by Gasteiger charge is -2.36. The van der Waals surface area contributed by atoms with Crippen molar-refractivity contribution in [2.24, 2.45) is 0 Å². The first-order valence-corrected chi connectivity index (χ1v) is 15.0. The van der Waals surface area contributed by atoms with Crippen LogP contribution in [0.3, 0.4) is 0 Å². The molecule has 0 saturated carbocycles. The molecule has 0 atom stereocenters. The molecule has 5 rings (SSSR count). The van der Waals surface area contributed by atoms with E-state index in [1.165, 1.54) is 9.80 Å². The van der Waals surface area contributed by atoms with Gasteiger partial charge in [-0.2, -0.15) is 0 Å². The zero-order chi connectivity index (χ0) is 30.0. The molecule has 0 spiro atoms. The SMILES string of the molecule is COc1cc(/C=C2/C(=O)N(c3ccccc3)C(=S)N(c3ccc(C)c(C)c3)C2=O)ccc1OCc1ccc(Br)cc1Br. The van der Waals surface area contributed by atoms with E-state index in [0.29, 0.717) is 35.0 Å². The number of methoxy groups -OCH3 is 1. The molecule has 9 heteroatoms. The Bertz CT molecular complexity index is 1740. The van der Waals surface area contributed by atoms with Gasteiger partial charge in [-0.05, 0) is 97.4 Å². The lowest BCUT2D eigenvalue weighted by Crippen LogP contribution is -2.57. The first kappa shape index (κ1) is 29.7. The predicted octanol–water partition coefficient (Wildman–Crippen LogP) is 8.16. The number of carbonyl (C=O) groups is 2. The van der Waals surface area contributed by atoms with Gasteiger partial charge in [-0.15, -0.1) is 0 Å². The molecule has 0 radical (unpaired) electrons. The van der Waals surface area contributed by atoms with Crippen LogP contribution < -0.4 is 19.3 Å². The maximum Gasteiger partial charge on any atom is 0.270 e. The van der Waals surface area contributed by atoms with Crippen molar-refractivity contribution in [3.05, 3.63) is 122 Å². The van der Waals surface area contributed by atoms with E-state index in [1.54, 1.807) is 43.5 Å². The number of thiocarbonyl (C=S) groups is 1. The van der Waals surface area contributed by atoms with Gasteiger partial charge in [0.05, 0.1) is 18.5 Å². The average molecular weight is 706 g/mol. The fourth-order valence-corrected chi connectivity index (χ4v) is 6.02. The summed E-state index contributed by atoms with van der Waals surface area (Å²) in [5, 5.41) is 0.0945. The summed E-state index contributed by atoms with van der Waals surface area (Å²) in [5.74, 6) is -0.00941. The molecule has 42 heavy (non-hydrogen) atoms. The van der Waals surface area contributed by atoms with Crippen molar-refractivity contribution in [3.8, 4) is 11.5 Å². The highest BCUT2D eigenvalue weighted by Gasteiger charge is 2.41. The molecule has 1 aliphatic rings. The van der Waals surface area contributed by atoms with Crippen LogP contribution in [-0.2, 0) is 16.2 Å². The minimum Gasteiger partial charge on any atom is -0.493 e. The van der Waals surface area contributed by atoms with Crippen LogP contribution >= 0.6 is 44.1 Å². The standard InChI is InChI=1S/C33H26Br2N2O4S/c1-20-9-13-26(15-21(20)2)37-32(39)27(31(38)36(33(37)42)25-7-5-4-6-8-25)16-22-10-14-29(30(17-22)40-3)41-19-23-11-12-24(34)18-28(23)35/h4-18H,19H2,1-3H3/b27-16-. The van der Waals surface area contributed by atoms with Crippen molar-refractivity contribution in [2.75, 3.05) is 16.9 Å². The molecule has 1 aliphatic heterocycles. The Kier molecular flexibility index (Phi) is 8.91. The molecule has 4 aromatic carbocycles. The molecular formula is C33H26Br2N2O4S. The van der Waals surface area contributed by atoms with Crippen molar-refractivity contribution >= 4 is 78.5 Å². The van der Waals surface area contributed by atoms with Gasteiger partial charge in [-0.3, -0.25) is 19.4 Å². The van der Waals surface area contributed by atoms with E-state index in [2.05, 4.69) is 31.9 Å². The fraction of sp³-hybridized carbons (Fsp3) is 0.121. The summed E-state index contributed by atoms with van der Waals surface area (Å²) in [6.45, 7) is 4.29. The zero-order valence-corrected chi connectivity index (χ0v) is 27.0. The highest BCUT2D eigenvalue weighted by atomic mass is 79.9. The van der Waals surface area contributed by atoms with Crippen molar-refractivity contribution in [2.45, 2.75) is 20.5 Å². The third kappa shape index (κ3) is 6.04. The normalized spacial score (nSPS) is 14.5. The molecule has 0 bridgehead atoms. The molecular weight excluding hydrogens is 680 g/mol. The number of nitrogens with zero attached hydrogens (tertiary/aromatic N) is 2. The maximum absolute atomic E-state index is 13.9. The first-order chi connectivity index (χ1) is 20.2. The van der Waals surface area contributed by atoms with Gasteiger partial charge < -0.3 is 9.47 Å². The summed E-state index contributed by atoms with van der Waals surface area (Å²) < 4.78 is 13.5. The van der Waals surface area contributed by atoms with Gasteiger partial charge in [0, 0.05) is 14.5 Å². The van der Waals surface area contributed by atoms with Crippen molar-refractivity contribution in [1.82, 2.24) is 0 Å². The van der Waals surface area contributed by atoms with E-state index in [4.69, 9.17) is 21.7 Å². The lowest BCUT2D eigenvalue weighted by atomic mass is 10.0. The molecule has 1 saturated heterocycles. The molecule has 1 heterocycles. The largest absolute Gasteiger partial charge is 0.493 e. The molecule has 2 amide bonds. The van der Waals surface area contributed by atoms with Crippen LogP contribution in [0.1, 0.15) is 22.3 Å². The second-order valence-electron chi connectivity index (χ2n) is 9.66. The molecule has 1 fully saturated rings. The Morgan fingerprint density at radius 2 is 1.50 bits per heavy atom. The molecule has 0 N–H and O–H groups in total. The second-order valence-corrected chi connectivity index (χ2v) is 11.8. The van der Waals surface area contributed by atoms with E-state index < -0.39 is 11.8 Å². The molecule has 6 nitrogen and oxygen atoms in total. The van der Waals surface area contributed by atoms with Gasteiger partial charge in [0.1, 0.15) is 12.2 Å². The lowest BCUT2D eigenvalue weighted by molar-refractivity contribution is -0.120. The highest BCUT2D eigenvalue weighted by molar-refractivity contribution is 9.11. The van der Waals surface area contributed by atoms with Gasteiger partial charge in [-0.1, -0.05) is 68.3 Å². The Balaban J connectivity index is 1.52. The van der Waals surface area contributed by atoms with Gasteiger partial charge in [-0.25, -0.2) is 0 Å². The number of halogens is 2. The summed E-state index contributed by atoms with van der Waals surface area (Å²) in [6, 6.07) is 25.9. The minimum atomic E-state index is -0.504. The monoisotopic (exact) mass is 704 g/mol. The smallest absolute Gasteiger partial charge is 0.270 e. The Labute approximate surface area is 266 Å². The van der Waals surface area contributed by atoms with Crippen LogP contribution in [0, 0.1) is 13.8 Å². The third-order valence-corrected chi connectivity index (χ3v) is 8.51. The molecule has 0 aromatic heterocycles. The molecule has 0 aliphatic carbocycles. The summed E-state index contributed by atoms with van der Waals surface area (Å²) in [5.41, 5.74) is 4.79. The number of para-hydroxylation sites is 1. The molecule has 0 unspecified atom stereocenters. The summed E-state index contributed by atoms with van der Waals surface area (Å²) in [4.78, 5) is 30.6. The van der Waals surface area contributed by atoms with Crippen LogP contribution in [0.25, 0.3) is 6.08 Å². The highest BCUT2D eigenvalue weighted by Crippen LogP contribution is 2.34. The Hall–Kier alpha value is -3.79. The zero-order valence-electron chi connectivity index (χ0n) is 23.1. The maximum atomic E-state index is 13.9. The second kappa shape index (κ2) is 12.6. The van der Waals surface area contributed by atoms with Crippen LogP contribution in [0.5, 0.6) is 11.5 Å². The summed E-state index contributed by atoms with van der Waals surface area (Å²) in [7, 11) is 1.54. The van der Waals surface area contributed by atoms with Crippen LogP contribution in [0.15, 0.2) is 99.4 Å². The number of hydrogen-bond acceptors (Lipinski definition) is 5. The van der Waals surface area contributed by atoms with Gasteiger partial charge in [0.25, 0.3) is 11.8 Å². The number of ether oxygens (including phenoxy) is 2. The first-order valence-electron chi connectivity index (χ1n) is 13.0. The molecule has 4 aromatic rings. The number of aryl methyl sites for hydroxylation is 2. The Morgan fingerprint density at radius 3 is 2.17 bits per heavy atom. The number of carbonyl (C=O) groups excluding carboxylic acids is 2. The van der Waals surface area contributed by atoms with Crippen LogP contribution in [0.2, 0.25) is 0 Å². The predicted molar refractivity (Wildman–Crippen MR) is 177 cm³/mol. The minimum absolute atomic E-state index is 0.0276. The number of amides is 2. The van der Waals surface area contributed by atoms with Crippen molar-refractivity contribution < 1.29 is 19.1 Å². The average Bonchev–Trinajstić information content (AvgIpc) is 2.97. The Morgan fingerprint density at radius 1 is 0.786 bits per heavy atom. The van der Waals surface area contributed by atoms with Gasteiger partial charge >= 0.3 is 0 Å². The van der Waals surface area contributed by atoms with E-state index in [0.717, 1.165) is 25.6 Å². The number of benzene rings is 4. The van der Waals surface area contributed by atoms with Crippen molar-refractivity contribution in [3.63, 3.8) is 0 Å². The quantitative estimate of drug-likeness (QED) is 0.110. The van der Waals surface area contributed by atoms with E-state index in [1.807, 2.05) is 68.4 Å². The van der Waals surface area contributed by atoms with E-state index in [-0.39, 0.29) is 10.7 Å². The third-order valence-electron chi connectivity index (χ3n) is 6.91. The summed E-state index contributed by atoms with van der Waals surface area (Å²) in [6.07, 6.45) is 1.56. The molecule has 212 valence electrons. The summed E-state index contributed by atoms with van der Waals surface area (Å²) >= 11 is 12.8. The fourth-order valence-electron chi connectivity index (χ4n) is 4.48. The van der Waals surface area contributed by atoms with Gasteiger partial charge in [0.15, 0.2) is 16.6 Å². The number of anilines is 2. The van der Waals surface area contributed by atoms with E-state index in [9.17, 15) is 9.59 Å². The van der Waals surface area contributed by atoms with Crippen LogP contribution in [-0.4, -0.2) is 24.0 Å². The van der Waals surface area contributed by atoms with E-state index >= 15 is 0 Å². The number of hydrogen-bond donors (Lipinski definition) is 0. The topological polar surface area (TPSA) is 59.1 Å². The number of rotatable bonds is 7. The van der Waals surface area contributed by atoms with Crippen LogP contribution in [0.4, 0.5) is 11.4 Å². The van der Waals surface area contributed by atoms with Crippen molar-refractivity contribution in [1.29, 1.82) is 0 Å². The van der Waals surface area contributed by atoms with Gasteiger partial charge in [0.2, 0.25) is 0 Å².